The van der Waals surface area contributed by atoms with Gasteiger partial charge in [0.1, 0.15) is 0 Å². The summed E-state index contributed by atoms with van der Waals surface area (Å²) in [7, 11) is 0. The number of hydrogen-bond acceptors (Lipinski definition) is 2. The Morgan fingerprint density at radius 2 is 1.95 bits per heavy atom. The summed E-state index contributed by atoms with van der Waals surface area (Å²) >= 11 is 0. The van der Waals surface area contributed by atoms with Gasteiger partial charge in [-0.15, -0.1) is 0 Å². The first-order valence-corrected chi connectivity index (χ1v) is 6.98. The van der Waals surface area contributed by atoms with Crippen LogP contribution in [0.5, 0.6) is 0 Å². The van der Waals surface area contributed by atoms with Gasteiger partial charge >= 0.3 is 6.03 Å². The molecule has 0 aliphatic carbocycles. The Morgan fingerprint density at radius 1 is 1.20 bits per heavy atom. The summed E-state index contributed by atoms with van der Waals surface area (Å²) in [5.74, 6) is 0.00782. The van der Waals surface area contributed by atoms with E-state index in [1.807, 2.05) is 45.0 Å². The van der Waals surface area contributed by atoms with Crippen LogP contribution < -0.4 is 16.0 Å². The lowest BCUT2D eigenvalue weighted by Gasteiger charge is -2.11. The van der Waals surface area contributed by atoms with Crippen LogP contribution >= 0.6 is 0 Å². The molecule has 110 valence electrons. The molecule has 20 heavy (non-hydrogen) atoms. The largest absolute Gasteiger partial charge is 0.338 e. The van der Waals surface area contributed by atoms with E-state index in [9.17, 15) is 9.59 Å². The van der Waals surface area contributed by atoms with E-state index in [0.717, 1.165) is 17.7 Å². The Morgan fingerprint density at radius 3 is 2.60 bits per heavy atom. The van der Waals surface area contributed by atoms with Gasteiger partial charge < -0.3 is 16.0 Å². The smallest absolute Gasteiger partial charge is 0.315 e. The van der Waals surface area contributed by atoms with E-state index in [0.29, 0.717) is 13.1 Å². The molecule has 0 aromatic heterocycles. The van der Waals surface area contributed by atoms with Crippen molar-refractivity contribution in [2.24, 2.45) is 5.92 Å². The van der Waals surface area contributed by atoms with Crippen molar-refractivity contribution in [1.82, 2.24) is 10.6 Å². The highest BCUT2D eigenvalue weighted by Gasteiger charge is 2.10. The molecule has 1 unspecified atom stereocenters. The Balaban J connectivity index is 2.57. The summed E-state index contributed by atoms with van der Waals surface area (Å²) in [6.45, 7) is 6.77. The minimum absolute atomic E-state index is 0.00730. The fraction of sp³-hybridized carbons (Fsp3) is 0.467. The van der Waals surface area contributed by atoms with E-state index in [2.05, 4.69) is 16.0 Å². The number of carbonyl (C=O) groups is 2. The third kappa shape index (κ3) is 5.30. The molecule has 1 aromatic carbocycles. The van der Waals surface area contributed by atoms with Gasteiger partial charge in [0, 0.05) is 24.7 Å². The molecule has 0 heterocycles. The number of amides is 3. The van der Waals surface area contributed by atoms with Crippen molar-refractivity contribution in [2.75, 3.05) is 11.9 Å². The molecule has 0 aliphatic rings. The van der Waals surface area contributed by atoms with Crippen molar-refractivity contribution in [3.05, 3.63) is 29.8 Å². The van der Waals surface area contributed by atoms with Crippen molar-refractivity contribution in [3.63, 3.8) is 0 Å². The minimum Gasteiger partial charge on any atom is -0.338 e. The summed E-state index contributed by atoms with van der Waals surface area (Å²) in [5.41, 5.74) is 1.70. The highest BCUT2D eigenvalue weighted by molar-refractivity contribution is 5.92. The Labute approximate surface area is 120 Å². The number of hydrogen-bond donors (Lipinski definition) is 3. The molecule has 3 amide bonds. The molecule has 0 saturated heterocycles. The maximum absolute atomic E-state index is 11.8. The molecule has 0 aliphatic heterocycles. The van der Waals surface area contributed by atoms with Crippen molar-refractivity contribution in [3.8, 4) is 0 Å². The summed E-state index contributed by atoms with van der Waals surface area (Å²) in [5, 5.41) is 8.30. The van der Waals surface area contributed by atoms with Crippen LogP contribution in [0.25, 0.3) is 0 Å². The van der Waals surface area contributed by atoms with E-state index in [1.54, 1.807) is 0 Å². The fourth-order valence-electron chi connectivity index (χ4n) is 1.62. The average molecular weight is 277 g/mol. The second-order valence-corrected chi connectivity index (χ2v) is 4.71. The van der Waals surface area contributed by atoms with Gasteiger partial charge in [-0.1, -0.05) is 26.0 Å². The molecule has 3 N–H and O–H groups in total. The number of anilines is 1. The third-order valence-electron chi connectivity index (χ3n) is 3.04. The van der Waals surface area contributed by atoms with Crippen molar-refractivity contribution >= 4 is 17.6 Å². The van der Waals surface area contributed by atoms with Crippen LogP contribution in [-0.2, 0) is 11.3 Å². The van der Waals surface area contributed by atoms with Gasteiger partial charge in [0.25, 0.3) is 0 Å². The molecule has 1 aromatic rings. The van der Waals surface area contributed by atoms with Gasteiger partial charge in [-0.2, -0.15) is 0 Å². The van der Waals surface area contributed by atoms with Gasteiger partial charge in [-0.3, -0.25) is 4.79 Å². The Bertz CT molecular complexity index is 460. The predicted molar refractivity (Wildman–Crippen MR) is 80.4 cm³/mol. The van der Waals surface area contributed by atoms with Gasteiger partial charge in [0.05, 0.1) is 0 Å². The second-order valence-electron chi connectivity index (χ2n) is 4.71. The SMILES string of the molecule is CCNC(=O)NCc1cccc(NC(=O)C(C)CC)c1. The molecular formula is C15H23N3O2. The highest BCUT2D eigenvalue weighted by atomic mass is 16.2. The van der Waals surface area contributed by atoms with E-state index < -0.39 is 0 Å². The zero-order valence-electron chi connectivity index (χ0n) is 12.3. The van der Waals surface area contributed by atoms with Gasteiger partial charge in [0.15, 0.2) is 0 Å². The molecule has 1 rings (SSSR count). The number of rotatable bonds is 6. The maximum atomic E-state index is 11.8. The standard InChI is InChI=1S/C15H23N3O2/c1-4-11(3)14(19)18-13-8-6-7-12(9-13)10-17-15(20)16-5-2/h6-9,11H,4-5,10H2,1-3H3,(H,18,19)(H2,16,17,20). The summed E-state index contributed by atoms with van der Waals surface area (Å²) in [6.07, 6.45) is 0.810. The molecule has 0 radical (unpaired) electrons. The normalized spacial score (nSPS) is 11.6. The minimum atomic E-state index is -0.193. The van der Waals surface area contributed by atoms with E-state index in [-0.39, 0.29) is 17.9 Å². The summed E-state index contributed by atoms with van der Waals surface area (Å²) in [4.78, 5) is 23.1. The van der Waals surface area contributed by atoms with Crippen LogP contribution in [0.4, 0.5) is 10.5 Å². The van der Waals surface area contributed by atoms with Crippen LogP contribution in [0, 0.1) is 5.92 Å². The molecule has 5 heteroatoms. The van der Waals surface area contributed by atoms with Gasteiger partial charge in [-0.05, 0) is 31.0 Å². The fourth-order valence-corrected chi connectivity index (χ4v) is 1.62. The second kappa shape index (κ2) is 8.19. The zero-order valence-corrected chi connectivity index (χ0v) is 12.3. The monoisotopic (exact) mass is 277 g/mol. The van der Waals surface area contributed by atoms with Crippen molar-refractivity contribution in [1.29, 1.82) is 0 Å². The van der Waals surface area contributed by atoms with Crippen LogP contribution in [0.15, 0.2) is 24.3 Å². The first-order chi connectivity index (χ1) is 9.56. The first-order valence-electron chi connectivity index (χ1n) is 6.98. The van der Waals surface area contributed by atoms with Crippen molar-refractivity contribution < 1.29 is 9.59 Å². The van der Waals surface area contributed by atoms with Gasteiger partial charge in [0.2, 0.25) is 5.91 Å². The van der Waals surface area contributed by atoms with E-state index >= 15 is 0 Å². The lowest BCUT2D eigenvalue weighted by Crippen LogP contribution is -2.34. The molecule has 0 saturated carbocycles. The Kier molecular flexibility index (Phi) is 6.56. The molecular weight excluding hydrogens is 254 g/mol. The Hall–Kier alpha value is -2.04. The summed E-state index contributed by atoms with van der Waals surface area (Å²) < 4.78 is 0. The summed E-state index contributed by atoms with van der Waals surface area (Å²) in [6, 6.07) is 7.29. The third-order valence-corrected chi connectivity index (χ3v) is 3.04. The van der Waals surface area contributed by atoms with Crippen LogP contribution in [0.3, 0.4) is 0 Å². The van der Waals surface area contributed by atoms with E-state index in [4.69, 9.17) is 0 Å². The maximum Gasteiger partial charge on any atom is 0.315 e. The first kappa shape index (κ1) is 16.0. The predicted octanol–water partition coefficient (Wildman–Crippen LogP) is 2.49. The lowest BCUT2D eigenvalue weighted by molar-refractivity contribution is -0.119. The highest BCUT2D eigenvalue weighted by Crippen LogP contribution is 2.13. The number of benzene rings is 1. The quantitative estimate of drug-likeness (QED) is 0.747. The lowest BCUT2D eigenvalue weighted by atomic mass is 10.1. The molecule has 0 bridgehead atoms. The van der Waals surface area contributed by atoms with E-state index in [1.165, 1.54) is 0 Å². The average Bonchev–Trinajstić information content (AvgIpc) is 2.45. The number of nitrogens with one attached hydrogen (secondary N) is 3. The molecule has 0 spiro atoms. The molecule has 1 atom stereocenters. The number of carbonyl (C=O) groups excluding carboxylic acids is 2. The van der Waals surface area contributed by atoms with Gasteiger partial charge in [-0.25, -0.2) is 4.79 Å². The topological polar surface area (TPSA) is 70.2 Å². The van der Waals surface area contributed by atoms with Crippen LogP contribution in [0.1, 0.15) is 32.8 Å². The van der Waals surface area contributed by atoms with Crippen LogP contribution in [-0.4, -0.2) is 18.5 Å². The van der Waals surface area contributed by atoms with Crippen molar-refractivity contribution in [2.45, 2.75) is 33.7 Å². The number of urea groups is 1. The molecule has 5 nitrogen and oxygen atoms in total. The zero-order chi connectivity index (χ0) is 15.0. The van der Waals surface area contributed by atoms with Crippen LogP contribution in [0.2, 0.25) is 0 Å². The molecule has 0 fully saturated rings.